The van der Waals surface area contributed by atoms with Crippen LogP contribution in [-0.2, 0) is 6.54 Å². The van der Waals surface area contributed by atoms with Crippen molar-refractivity contribution in [1.82, 2.24) is 15.3 Å². The molecule has 2 aromatic heterocycles. The van der Waals surface area contributed by atoms with Gasteiger partial charge < -0.3 is 19.5 Å². The number of nitrogens with zero attached hydrogens (tertiary/aromatic N) is 2. The molecule has 0 unspecified atom stereocenters. The average Bonchev–Trinajstić information content (AvgIpc) is 3.30. The zero-order valence-electron chi connectivity index (χ0n) is 16.8. The number of benzene rings is 2. The molecule has 1 aliphatic rings. The number of hydrogen-bond acceptors (Lipinski definition) is 6. The van der Waals surface area contributed by atoms with Crippen LogP contribution in [0.15, 0.2) is 67.0 Å². The van der Waals surface area contributed by atoms with Crippen LogP contribution in [0.25, 0.3) is 22.2 Å². The number of fused-ring (bicyclic) bond motifs is 2. The Bertz CT molecular complexity index is 1270. The van der Waals surface area contributed by atoms with Gasteiger partial charge in [-0.3, -0.25) is 9.78 Å². The van der Waals surface area contributed by atoms with E-state index in [1.165, 1.54) is 0 Å². The normalized spacial score (nSPS) is 12.0. The third kappa shape index (κ3) is 3.73. The maximum atomic E-state index is 13.2. The number of rotatable bonds is 5. The van der Waals surface area contributed by atoms with Gasteiger partial charge in [0.05, 0.1) is 23.9 Å². The van der Waals surface area contributed by atoms with E-state index < -0.39 is 0 Å². The lowest BCUT2D eigenvalue weighted by Crippen LogP contribution is -2.23. The first kappa shape index (κ1) is 18.9. The van der Waals surface area contributed by atoms with Crippen molar-refractivity contribution < 1.29 is 19.0 Å². The van der Waals surface area contributed by atoms with Crippen molar-refractivity contribution in [2.75, 3.05) is 13.9 Å². The molecule has 0 fully saturated rings. The van der Waals surface area contributed by atoms with Gasteiger partial charge in [0, 0.05) is 29.9 Å². The van der Waals surface area contributed by atoms with Gasteiger partial charge in [-0.15, -0.1) is 0 Å². The van der Waals surface area contributed by atoms with Gasteiger partial charge in [0.25, 0.3) is 5.91 Å². The summed E-state index contributed by atoms with van der Waals surface area (Å²) in [5.74, 6) is 1.82. The van der Waals surface area contributed by atoms with Crippen molar-refractivity contribution in [2.45, 2.75) is 6.54 Å². The van der Waals surface area contributed by atoms with Crippen LogP contribution in [0.5, 0.6) is 17.2 Å². The molecule has 0 bridgehead atoms. The third-order valence-corrected chi connectivity index (χ3v) is 5.10. The van der Waals surface area contributed by atoms with E-state index in [2.05, 4.69) is 10.3 Å². The molecule has 4 aromatic rings. The first-order valence-electron chi connectivity index (χ1n) is 9.77. The molecule has 7 nitrogen and oxygen atoms in total. The van der Waals surface area contributed by atoms with Gasteiger partial charge in [0.2, 0.25) is 6.79 Å². The lowest BCUT2D eigenvalue weighted by atomic mass is 10.0. The zero-order valence-corrected chi connectivity index (χ0v) is 16.8. The molecule has 0 aliphatic carbocycles. The highest BCUT2D eigenvalue weighted by atomic mass is 16.7. The molecule has 5 rings (SSSR count). The van der Waals surface area contributed by atoms with E-state index in [1.54, 1.807) is 25.6 Å². The largest absolute Gasteiger partial charge is 0.497 e. The highest BCUT2D eigenvalue weighted by molar-refractivity contribution is 6.07. The maximum absolute atomic E-state index is 13.2. The second-order valence-corrected chi connectivity index (χ2v) is 7.05. The Labute approximate surface area is 178 Å². The fourth-order valence-electron chi connectivity index (χ4n) is 3.50. The highest BCUT2D eigenvalue weighted by Crippen LogP contribution is 2.36. The predicted molar refractivity (Wildman–Crippen MR) is 115 cm³/mol. The summed E-state index contributed by atoms with van der Waals surface area (Å²) in [5.41, 5.74) is 3.64. The maximum Gasteiger partial charge on any atom is 0.252 e. The number of ether oxygens (including phenoxy) is 3. The highest BCUT2D eigenvalue weighted by Gasteiger charge is 2.18. The number of aromatic nitrogens is 2. The number of hydrogen-bond donors (Lipinski definition) is 1. The minimum Gasteiger partial charge on any atom is -0.497 e. The number of carbonyl (C=O) groups excluding carboxylic acids is 1. The Hall–Kier alpha value is -4.13. The van der Waals surface area contributed by atoms with E-state index in [9.17, 15) is 4.79 Å². The van der Waals surface area contributed by atoms with Gasteiger partial charge in [-0.05, 0) is 54.1 Å². The zero-order chi connectivity index (χ0) is 21.2. The van der Waals surface area contributed by atoms with Gasteiger partial charge in [-0.25, -0.2) is 4.98 Å². The quantitative estimate of drug-likeness (QED) is 0.533. The molecule has 7 heteroatoms. The SMILES string of the molecule is COc1ccc2nc(-c3ccc4c(c3)OCO4)cc(C(=O)NCc3cccnc3)c2c1. The fourth-order valence-corrected chi connectivity index (χ4v) is 3.50. The lowest BCUT2D eigenvalue weighted by Gasteiger charge is -2.12. The smallest absolute Gasteiger partial charge is 0.252 e. The van der Waals surface area contributed by atoms with Crippen molar-refractivity contribution in [3.8, 4) is 28.5 Å². The summed E-state index contributed by atoms with van der Waals surface area (Å²) in [5, 5.41) is 3.69. The van der Waals surface area contributed by atoms with E-state index in [0.29, 0.717) is 46.0 Å². The van der Waals surface area contributed by atoms with Crippen molar-refractivity contribution in [3.63, 3.8) is 0 Å². The number of carbonyl (C=O) groups is 1. The Morgan fingerprint density at radius 3 is 2.84 bits per heavy atom. The second kappa shape index (κ2) is 7.95. The molecule has 154 valence electrons. The van der Waals surface area contributed by atoms with Crippen molar-refractivity contribution in [3.05, 3.63) is 78.1 Å². The summed E-state index contributed by atoms with van der Waals surface area (Å²) >= 11 is 0. The molecule has 3 heterocycles. The minimum atomic E-state index is -0.202. The van der Waals surface area contributed by atoms with E-state index in [-0.39, 0.29) is 12.7 Å². The summed E-state index contributed by atoms with van der Waals surface area (Å²) in [7, 11) is 1.59. The van der Waals surface area contributed by atoms with Gasteiger partial charge in [0.15, 0.2) is 11.5 Å². The van der Waals surface area contributed by atoms with Gasteiger partial charge in [0.1, 0.15) is 5.75 Å². The van der Waals surface area contributed by atoms with Crippen LogP contribution in [0.4, 0.5) is 0 Å². The number of methoxy groups -OCH3 is 1. The third-order valence-electron chi connectivity index (χ3n) is 5.10. The number of amides is 1. The predicted octanol–water partition coefficient (Wildman–Crippen LogP) is 3.96. The topological polar surface area (TPSA) is 82.6 Å². The number of nitrogens with one attached hydrogen (secondary N) is 1. The van der Waals surface area contributed by atoms with E-state index in [4.69, 9.17) is 19.2 Å². The van der Waals surface area contributed by atoms with Crippen molar-refractivity contribution >= 4 is 16.8 Å². The van der Waals surface area contributed by atoms with Crippen LogP contribution < -0.4 is 19.5 Å². The Kier molecular flexibility index (Phi) is 4.84. The molecule has 0 spiro atoms. The Morgan fingerprint density at radius 1 is 1.10 bits per heavy atom. The van der Waals surface area contributed by atoms with Crippen LogP contribution in [0, 0.1) is 0 Å². The molecule has 0 radical (unpaired) electrons. The summed E-state index contributed by atoms with van der Waals surface area (Å²) in [6.07, 6.45) is 3.43. The first-order valence-corrected chi connectivity index (χ1v) is 9.77. The molecule has 1 N–H and O–H groups in total. The Balaban J connectivity index is 1.56. The van der Waals surface area contributed by atoms with Gasteiger partial charge >= 0.3 is 0 Å². The summed E-state index contributed by atoms with van der Waals surface area (Å²) < 4.78 is 16.2. The van der Waals surface area contributed by atoms with E-state index >= 15 is 0 Å². The second-order valence-electron chi connectivity index (χ2n) is 7.05. The monoisotopic (exact) mass is 413 g/mol. The fraction of sp³-hybridized carbons (Fsp3) is 0.125. The molecule has 0 saturated heterocycles. The van der Waals surface area contributed by atoms with E-state index in [0.717, 1.165) is 11.1 Å². The lowest BCUT2D eigenvalue weighted by molar-refractivity contribution is 0.0952. The molecule has 1 aliphatic heterocycles. The standard InChI is InChI=1S/C24H19N3O4/c1-29-17-5-6-20-18(10-17)19(24(28)26-13-15-3-2-8-25-12-15)11-21(27-20)16-4-7-22-23(9-16)31-14-30-22/h2-12H,13-14H2,1H3,(H,26,28). The average molecular weight is 413 g/mol. The Morgan fingerprint density at radius 2 is 2.00 bits per heavy atom. The molecule has 31 heavy (non-hydrogen) atoms. The van der Waals surface area contributed by atoms with Crippen molar-refractivity contribution in [2.24, 2.45) is 0 Å². The number of pyridine rings is 2. The van der Waals surface area contributed by atoms with Gasteiger partial charge in [-0.1, -0.05) is 6.07 Å². The van der Waals surface area contributed by atoms with Gasteiger partial charge in [-0.2, -0.15) is 0 Å². The summed E-state index contributed by atoms with van der Waals surface area (Å²) in [6.45, 7) is 0.575. The van der Waals surface area contributed by atoms with Crippen LogP contribution in [0.1, 0.15) is 15.9 Å². The minimum absolute atomic E-state index is 0.200. The molecular weight excluding hydrogens is 394 g/mol. The summed E-state index contributed by atoms with van der Waals surface area (Å²) in [6, 6.07) is 16.7. The molecule has 2 aromatic carbocycles. The van der Waals surface area contributed by atoms with Crippen molar-refractivity contribution in [1.29, 1.82) is 0 Å². The van der Waals surface area contributed by atoms with Crippen LogP contribution in [-0.4, -0.2) is 29.8 Å². The van der Waals surface area contributed by atoms with Crippen LogP contribution in [0.2, 0.25) is 0 Å². The molecular formula is C24H19N3O4. The molecule has 0 saturated carbocycles. The first-order chi connectivity index (χ1) is 15.2. The van der Waals surface area contributed by atoms with E-state index in [1.807, 2.05) is 48.5 Å². The van der Waals surface area contributed by atoms with Crippen LogP contribution >= 0.6 is 0 Å². The molecule has 1 amide bonds. The summed E-state index contributed by atoms with van der Waals surface area (Å²) in [4.78, 5) is 22.0. The molecule has 0 atom stereocenters. The van der Waals surface area contributed by atoms with Crippen LogP contribution in [0.3, 0.4) is 0 Å².